The zero-order valence-electron chi connectivity index (χ0n) is 12.8. The molecule has 1 heterocycles. The molecule has 0 radical (unpaired) electrons. The summed E-state index contributed by atoms with van der Waals surface area (Å²) in [5, 5.41) is 11.8. The highest BCUT2D eigenvalue weighted by Gasteiger charge is 2.28. The molecule has 0 aromatic carbocycles. The lowest BCUT2D eigenvalue weighted by molar-refractivity contribution is -0.138. The van der Waals surface area contributed by atoms with Crippen molar-refractivity contribution >= 4 is 11.9 Å². The van der Waals surface area contributed by atoms with Crippen molar-refractivity contribution in [2.24, 2.45) is 5.41 Å². The van der Waals surface area contributed by atoms with Crippen LogP contribution in [0, 0.1) is 5.41 Å². The van der Waals surface area contributed by atoms with E-state index in [1.54, 1.807) is 0 Å². The van der Waals surface area contributed by atoms with Crippen molar-refractivity contribution in [1.29, 1.82) is 0 Å². The van der Waals surface area contributed by atoms with E-state index in [0.717, 1.165) is 32.3 Å². The number of nitrogens with one attached hydrogen (secondary N) is 1. The Morgan fingerprint density at radius 1 is 1.35 bits per heavy atom. The standard InChI is InChI=1S/C15H27NO4/c1-15(2,3)12(10-14(18)19)16-13(17)8-7-11-6-4-5-9-20-11/h11-12H,4-10H2,1-3H3,(H,16,17)(H,18,19). The normalized spacial score (nSPS) is 21.2. The molecule has 0 aromatic heterocycles. The van der Waals surface area contributed by atoms with Gasteiger partial charge in [0.15, 0.2) is 0 Å². The summed E-state index contributed by atoms with van der Waals surface area (Å²) in [6.45, 7) is 6.59. The van der Waals surface area contributed by atoms with Crippen LogP contribution in [-0.2, 0) is 14.3 Å². The molecule has 0 bridgehead atoms. The number of carboxylic acid groups (broad SMARTS) is 1. The second kappa shape index (κ2) is 7.62. The molecular formula is C15H27NO4. The topological polar surface area (TPSA) is 75.6 Å². The van der Waals surface area contributed by atoms with Gasteiger partial charge < -0.3 is 15.2 Å². The van der Waals surface area contributed by atoms with Crippen LogP contribution in [0.1, 0.15) is 59.3 Å². The minimum Gasteiger partial charge on any atom is -0.481 e. The summed E-state index contributed by atoms with van der Waals surface area (Å²) in [6, 6.07) is -0.347. The predicted octanol–water partition coefficient (Wildman–Crippen LogP) is 2.34. The maximum atomic E-state index is 12.0. The number of amides is 1. The van der Waals surface area contributed by atoms with Gasteiger partial charge in [-0.1, -0.05) is 20.8 Å². The molecule has 2 N–H and O–H groups in total. The second-order valence-corrected chi connectivity index (χ2v) is 6.61. The molecule has 2 unspecified atom stereocenters. The van der Waals surface area contributed by atoms with Crippen LogP contribution in [-0.4, -0.2) is 35.7 Å². The molecule has 5 nitrogen and oxygen atoms in total. The summed E-state index contributed by atoms with van der Waals surface area (Å²) in [4.78, 5) is 22.8. The Bertz CT molecular complexity index is 329. The molecule has 1 aliphatic heterocycles. The first-order valence-electron chi connectivity index (χ1n) is 7.42. The molecule has 116 valence electrons. The van der Waals surface area contributed by atoms with Crippen LogP contribution in [0.15, 0.2) is 0 Å². The summed E-state index contributed by atoms with van der Waals surface area (Å²) in [5.41, 5.74) is -0.268. The molecule has 1 rings (SSSR count). The second-order valence-electron chi connectivity index (χ2n) is 6.61. The third-order valence-corrected chi connectivity index (χ3v) is 3.73. The first-order chi connectivity index (χ1) is 9.29. The van der Waals surface area contributed by atoms with Gasteiger partial charge in [0.05, 0.1) is 12.5 Å². The molecule has 1 fully saturated rings. The lowest BCUT2D eigenvalue weighted by Crippen LogP contribution is -2.45. The van der Waals surface area contributed by atoms with Gasteiger partial charge in [-0.05, 0) is 31.1 Å². The van der Waals surface area contributed by atoms with Gasteiger partial charge in [-0.3, -0.25) is 9.59 Å². The number of carbonyl (C=O) groups excluding carboxylic acids is 1. The third-order valence-electron chi connectivity index (χ3n) is 3.73. The lowest BCUT2D eigenvalue weighted by atomic mass is 9.84. The lowest BCUT2D eigenvalue weighted by Gasteiger charge is -2.30. The van der Waals surface area contributed by atoms with E-state index >= 15 is 0 Å². The van der Waals surface area contributed by atoms with Gasteiger partial charge in [0.1, 0.15) is 0 Å². The fraction of sp³-hybridized carbons (Fsp3) is 0.867. The van der Waals surface area contributed by atoms with Crippen LogP contribution in [0.5, 0.6) is 0 Å². The highest BCUT2D eigenvalue weighted by molar-refractivity contribution is 5.77. The Morgan fingerprint density at radius 3 is 2.55 bits per heavy atom. The average molecular weight is 285 g/mol. The molecule has 0 spiro atoms. The molecule has 20 heavy (non-hydrogen) atoms. The van der Waals surface area contributed by atoms with Crippen molar-refractivity contribution in [3.05, 3.63) is 0 Å². The quantitative estimate of drug-likeness (QED) is 0.785. The first-order valence-corrected chi connectivity index (χ1v) is 7.42. The van der Waals surface area contributed by atoms with Crippen molar-refractivity contribution < 1.29 is 19.4 Å². The Kier molecular flexibility index (Phi) is 6.46. The number of rotatable bonds is 6. The van der Waals surface area contributed by atoms with Gasteiger partial charge in [0.2, 0.25) is 5.91 Å². The molecule has 5 heteroatoms. The van der Waals surface area contributed by atoms with E-state index in [1.165, 1.54) is 0 Å². The highest BCUT2D eigenvalue weighted by Crippen LogP contribution is 2.22. The van der Waals surface area contributed by atoms with E-state index in [2.05, 4.69) is 5.32 Å². The number of ether oxygens (including phenoxy) is 1. The van der Waals surface area contributed by atoms with Crippen LogP contribution >= 0.6 is 0 Å². The molecule has 1 aliphatic rings. The zero-order chi connectivity index (χ0) is 15.2. The van der Waals surface area contributed by atoms with Gasteiger partial charge in [-0.15, -0.1) is 0 Å². The third kappa shape index (κ3) is 6.37. The van der Waals surface area contributed by atoms with Crippen LogP contribution in [0.3, 0.4) is 0 Å². The summed E-state index contributed by atoms with van der Waals surface area (Å²) < 4.78 is 5.59. The van der Waals surface area contributed by atoms with E-state index in [0.29, 0.717) is 6.42 Å². The summed E-state index contributed by atoms with van der Waals surface area (Å²) in [7, 11) is 0. The van der Waals surface area contributed by atoms with Crippen molar-refractivity contribution in [1.82, 2.24) is 5.32 Å². The summed E-state index contributed by atoms with van der Waals surface area (Å²) in [6.07, 6.45) is 4.54. The smallest absolute Gasteiger partial charge is 0.305 e. The molecule has 2 atom stereocenters. The molecule has 0 saturated carbocycles. The fourth-order valence-corrected chi connectivity index (χ4v) is 2.34. The fourth-order valence-electron chi connectivity index (χ4n) is 2.34. The summed E-state index contributed by atoms with van der Waals surface area (Å²) >= 11 is 0. The maximum Gasteiger partial charge on any atom is 0.305 e. The van der Waals surface area contributed by atoms with E-state index in [-0.39, 0.29) is 29.9 Å². The maximum absolute atomic E-state index is 12.0. The van der Waals surface area contributed by atoms with Crippen molar-refractivity contribution in [3.63, 3.8) is 0 Å². The number of hydrogen-bond donors (Lipinski definition) is 2. The van der Waals surface area contributed by atoms with Crippen LogP contribution in [0.4, 0.5) is 0 Å². The van der Waals surface area contributed by atoms with E-state index in [9.17, 15) is 9.59 Å². The Balaban J connectivity index is 2.39. The first kappa shape index (κ1) is 17.0. The van der Waals surface area contributed by atoms with Gasteiger partial charge in [0, 0.05) is 19.1 Å². The number of hydrogen-bond acceptors (Lipinski definition) is 3. The highest BCUT2D eigenvalue weighted by atomic mass is 16.5. The largest absolute Gasteiger partial charge is 0.481 e. The van der Waals surface area contributed by atoms with Gasteiger partial charge in [-0.25, -0.2) is 0 Å². The van der Waals surface area contributed by atoms with E-state index < -0.39 is 5.97 Å². The number of aliphatic carboxylic acids is 1. The summed E-state index contributed by atoms with van der Waals surface area (Å²) in [5.74, 6) is -0.971. The zero-order valence-corrected chi connectivity index (χ0v) is 12.8. The number of carbonyl (C=O) groups is 2. The Labute approximate surface area is 121 Å². The predicted molar refractivity (Wildman–Crippen MR) is 76.5 cm³/mol. The van der Waals surface area contributed by atoms with Crippen LogP contribution in [0.2, 0.25) is 0 Å². The van der Waals surface area contributed by atoms with Gasteiger partial charge >= 0.3 is 5.97 Å². The Hall–Kier alpha value is -1.10. The average Bonchev–Trinajstić information content (AvgIpc) is 2.35. The van der Waals surface area contributed by atoms with Crippen molar-refractivity contribution in [3.8, 4) is 0 Å². The van der Waals surface area contributed by atoms with Crippen LogP contribution < -0.4 is 5.32 Å². The molecule has 0 aliphatic carbocycles. The van der Waals surface area contributed by atoms with Crippen molar-refractivity contribution in [2.75, 3.05) is 6.61 Å². The SMILES string of the molecule is CC(C)(C)C(CC(=O)O)NC(=O)CCC1CCCCO1. The van der Waals surface area contributed by atoms with Gasteiger partial charge in [-0.2, -0.15) is 0 Å². The van der Waals surface area contributed by atoms with Crippen LogP contribution in [0.25, 0.3) is 0 Å². The molecule has 0 aromatic rings. The van der Waals surface area contributed by atoms with E-state index in [1.807, 2.05) is 20.8 Å². The molecule has 1 amide bonds. The Morgan fingerprint density at radius 2 is 2.05 bits per heavy atom. The number of carboxylic acids is 1. The molecule has 1 saturated heterocycles. The van der Waals surface area contributed by atoms with E-state index in [4.69, 9.17) is 9.84 Å². The monoisotopic (exact) mass is 285 g/mol. The van der Waals surface area contributed by atoms with Gasteiger partial charge in [0.25, 0.3) is 0 Å². The minimum absolute atomic E-state index is 0.0465. The van der Waals surface area contributed by atoms with Crippen molar-refractivity contribution in [2.45, 2.75) is 71.4 Å². The minimum atomic E-state index is -0.888. The molecular weight excluding hydrogens is 258 g/mol.